The van der Waals surface area contributed by atoms with Crippen LogP contribution < -0.4 is 10.9 Å². The van der Waals surface area contributed by atoms with Crippen molar-refractivity contribution < 1.29 is 4.79 Å². The molecule has 0 atom stereocenters. The Balaban J connectivity index is 1.69. The zero-order valence-electron chi connectivity index (χ0n) is 14.8. The van der Waals surface area contributed by atoms with Crippen LogP contribution in [-0.2, 0) is 11.3 Å². The van der Waals surface area contributed by atoms with Gasteiger partial charge in [0, 0.05) is 6.54 Å². The fourth-order valence-electron chi connectivity index (χ4n) is 2.75. The highest BCUT2D eigenvalue weighted by Gasteiger charge is 2.17. The molecule has 0 fully saturated rings. The summed E-state index contributed by atoms with van der Waals surface area (Å²) < 4.78 is 3.30. The second-order valence-corrected chi connectivity index (χ2v) is 7.93. The summed E-state index contributed by atoms with van der Waals surface area (Å²) in [6, 6.07) is 7.25. The molecule has 3 aromatic heterocycles. The molecule has 3 heterocycles. The van der Waals surface area contributed by atoms with E-state index in [2.05, 4.69) is 32.3 Å². The van der Waals surface area contributed by atoms with Crippen LogP contribution in [0.15, 0.2) is 46.9 Å². The maximum absolute atomic E-state index is 12.8. The largest absolute Gasteiger partial charge is 0.300 e. The molecule has 0 aliphatic carbocycles. The van der Waals surface area contributed by atoms with Crippen LogP contribution in [0, 0.1) is 6.92 Å². The lowest BCUT2D eigenvalue weighted by Gasteiger charge is -2.09. The molecule has 0 saturated carbocycles. The van der Waals surface area contributed by atoms with Gasteiger partial charge in [0.25, 0.3) is 5.56 Å². The van der Waals surface area contributed by atoms with Crippen LogP contribution in [0.3, 0.4) is 0 Å². The Kier molecular flexibility index (Phi) is 4.92. The molecule has 1 aromatic carbocycles. The number of anilines is 1. The molecular weight excluding hydrogens is 398 g/mol. The number of thioether (sulfide) groups is 1. The molecule has 4 aromatic rings. The number of benzene rings is 1. The zero-order chi connectivity index (χ0) is 19.7. The fourth-order valence-corrected chi connectivity index (χ4v) is 4.10. The van der Waals surface area contributed by atoms with Gasteiger partial charge in [0.2, 0.25) is 16.8 Å². The second kappa shape index (κ2) is 7.52. The van der Waals surface area contributed by atoms with Crippen molar-refractivity contribution in [3.8, 4) is 0 Å². The first-order valence-electron chi connectivity index (χ1n) is 8.29. The summed E-state index contributed by atoms with van der Waals surface area (Å²) in [4.78, 5) is 25.0. The summed E-state index contributed by atoms with van der Waals surface area (Å²) >= 11 is 2.54. The van der Waals surface area contributed by atoms with Gasteiger partial charge in [-0.2, -0.15) is 0 Å². The molecule has 0 aliphatic rings. The van der Waals surface area contributed by atoms with E-state index in [0.29, 0.717) is 33.5 Å². The highest BCUT2D eigenvalue weighted by Crippen LogP contribution is 2.22. The molecule has 0 unspecified atom stereocenters. The first-order valence-corrected chi connectivity index (χ1v) is 10.1. The number of aromatic nitrogens is 6. The van der Waals surface area contributed by atoms with E-state index in [4.69, 9.17) is 0 Å². The number of amides is 1. The van der Waals surface area contributed by atoms with E-state index in [-0.39, 0.29) is 17.2 Å². The van der Waals surface area contributed by atoms with Gasteiger partial charge in [-0.25, -0.2) is 0 Å². The Labute approximate surface area is 167 Å². The van der Waals surface area contributed by atoms with Crippen molar-refractivity contribution >= 4 is 50.8 Å². The molecule has 28 heavy (non-hydrogen) atoms. The van der Waals surface area contributed by atoms with Crippen molar-refractivity contribution in [1.82, 2.24) is 29.4 Å². The van der Waals surface area contributed by atoms with Gasteiger partial charge in [0.1, 0.15) is 5.01 Å². The molecule has 11 heteroatoms. The normalized spacial score (nSPS) is 11.2. The highest BCUT2D eigenvalue weighted by molar-refractivity contribution is 7.99. The highest BCUT2D eigenvalue weighted by atomic mass is 32.2. The van der Waals surface area contributed by atoms with Gasteiger partial charge < -0.3 is 0 Å². The van der Waals surface area contributed by atoms with E-state index < -0.39 is 0 Å². The third-order valence-corrected chi connectivity index (χ3v) is 5.58. The molecule has 0 aliphatic heterocycles. The number of fused-ring (bicyclic) bond motifs is 3. The first-order chi connectivity index (χ1) is 13.6. The average molecular weight is 413 g/mol. The molecule has 4 rings (SSSR count). The summed E-state index contributed by atoms with van der Waals surface area (Å²) in [6.45, 7) is 5.84. The standard InChI is InChI=1S/C17H15N7O2S2/c1-3-8-23-14(26)11-6-4-5-7-12(11)24-16(23)21-22-17(24)27-9-13(25)18-15-20-19-10(2)28-15/h3-7H,1,8-9H2,2H3,(H,18,20,25). The summed E-state index contributed by atoms with van der Waals surface area (Å²) in [6.07, 6.45) is 1.63. The van der Waals surface area contributed by atoms with Gasteiger partial charge in [-0.1, -0.05) is 41.3 Å². The first kappa shape index (κ1) is 18.3. The number of hydrogen-bond acceptors (Lipinski definition) is 8. The van der Waals surface area contributed by atoms with E-state index in [1.54, 1.807) is 16.5 Å². The minimum absolute atomic E-state index is 0.119. The summed E-state index contributed by atoms with van der Waals surface area (Å²) in [5.41, 5.74) is 0.534. The summed E-state index contributed by atoms with van der Waals surface area (Å²) in [7, 11) is 0. The van der Waals surface area contributed by atoms with Crippen molar-refractivity contribution in [1.29, 1.82) is 0 Å². The van der Waals surface area contributed by atoms with Crippen LogP contribution >= 0.6 is 23.1 Å². The number of nitrogens with one attached hydrogen (secondary N) is 1. The number of hydrogen-bond donors (Lipinski definition) is 1. The topological polar surface area (TPSA) is 107 Å². The third-order valence-electron chi connectivity index (χ3n) is 3.89. The number of carbonyl (C=O) groups is 1. The number of para-hydroxylation sites is 1. The number of carbonyl (C=O) groups excluding carboxylic acids is 1. The smallest absolute Gasteiger partial charge is 0.263 e. The van der Waals surface area contributed by atoms with Crippen molar-refractivity contribution in [2.45, 2.75) is 18.6 Å². The Bertz CT molecular complexity index is 1260. The van der Waals surface area contributed by atoms with Crippen LogP contribution in [-0.4, -0.2) is 41.0 Å². The van der Waals surface area contributed by atoms with Crippen LogP contribution in [0.4, 0.5) is 5.13 Å². The van der Waals surface area contributed by atoms with Crippen molar-refractivity contribution in [3.63, 3.8) is 0 Å². The maximum atomic E-state index is 12.8. The molecule has 9 nitrogen and oxygen atoms in total. The van der Waals surface area contributed by atoms with Crippen LogP contribution in [0.25, 0.3) is 16.7 Å². The zero-order valence-corrected chi connectivity index (χ0v) is 16.5. The van der Waals surface area contributed by atoms with Crippen LogP contribution in [0.2, 0.25) is 0 Å². The fraction of sp³-hybridized carbons (Fsp3) is 0.176. The number of allylic oxidation sites excluding steroid dienone is 1. The molecule has 142 valence electrons. The molecule has 1 amide bonds. The van der Waals surface area contributed by atoms with Crippen LogP contribution in [0.1, 0.15) is 5.01 Å². The number of aryl methyl sites for hydroxylation is 1. The van der Waals surface area contributed by atoms with E-state index in [9.17, 15) is 9.59 Å². The SMILES string of the molecule is C=CCn1c(=O)c2ccccc2n2c(SCC(=O)Nc3nnc(C)s3)nnc12. The number of nitrogens with zero attached hydrogens (tertiary/aromatic N) is 6. The minimum atomic E-state index is -0.221. The average Bonchev–Trinajstić information content (AvgIpc) is 3.29. The molecule has 0 radical (unpaired) electrons. The lowest BCUT2D eigenvalue weighted by molar-refractivity contribution is -0.113. The second-order valence-electron chi connectivity index (χ2n) is 5.80. The van der Waals surface area contributed by atoms with E-state index in [1.807, 2.05) is 25.1 Å². The Hall–Kier alpha value is -3.05. The van der Waals surface area contributed by atoms with Crippen molar-refractivity contribution in [2.24, 2.45) is 0 Å². The monoisotopic (exact) mass is 413 g/mol. The van der Waals surface area contributed by atoms with Gasteiger partial charge in [-0.3, -0.25) is 23.9 Å². The molecule has 0 saturated heterocycles. The van der Waals surface area contributed by atoms with E-state index >= 15 is 0 Å². The predicted octanol–water partition coefficient (Wildman–Crippen LogP) is 2.12. The number of rotatable bonds is 6. The van der Waals surface area contributed by atoms with Gasteiger partial charge in [-0.05, 0) is 19.1 Å². The van der Waals surface area contributed by atoms with E-state index in [1.165, 1.54) is 27.7 Å². The summed E-state index contributed by atoms with van der Waals surface area (Å²) in [5, 5.41) is 21.1. The minimum Gasteiger partial charge on any atom is -0.300 e. The van der Waals surface area contributed by atoms with Crippen LogP contribution in [0.5, 0.6) is 0 Å². The predicted molar refractivity (Wildman–Crippen MR) is 109 cm³/mol. The molecular formula is C17H15N7O2S2. The Morgan fingerprint density at radius 3 is 2.86 bits per heavy atom. The third kappa shape index (κ3) is 3.29. The van der Waals surface area contributed by atoms with Gasteiger partial charge in [0.05, 0.1) is 16.7 Å². The Morgan fingerprint density at radius 1 is 1.29 bits per heavy atom. The Morgan fingerprint density at radius 2 is 2.11 bits per heavy atom. The quantitative estimate of drug-likeness (QED) is 0.381. The van der Waals surface area contributed by atoms with Gasteiger partial charge in [-0.15, -0.1) is 27.0 Å². The maximum Gasteiger partial charge on any atom is 0.263 e. The molecule has 0 spiro atoms. The summed E-state index contributed by atoms with van der Waals surface area (Å²) in [5.74, 6) is 0.307. The van der Waals surface area contributed by atoms with Gasteiger partial charge in [0.15, 0.2) is 5.16 Å². The van der Waals surface area contributed by atoms with Gasteiger partial charge >= 0.3 is 0 Å². The van der Waals surface area contributed by atoms with Crippen molar-refractivity contribution in [3.05, 3.63) is 52.3 Å². The van der Waals surface area contributed by atoms with Crippen molar-refractivity contribution in [2.75, 3.05) is 11.1 Å². The molecule has 0 bridgehead atoms. The lowest BCUT2D eigenvalue weighted by atomic mass is 10.2. The van der Waals surface area contributed by atoms with E-state index in [0.717, 1.165) is 5.01 Å². The lowest BCUT2D eigenvalue weighted by Crippen LogP contribution is -2.22. The molecule has 1 N–H and O–H groups in total.